The second-order valence-corrected chi connectivity index (χ2v) is 4.39. The molecule has 72 valence electrons. The molecule has 0 aromatic carbocycles. The highest BCUT2D eigenvalue weighted by atomic mass is 79.9. The third kappa shape index (κ3) is 1.33. The maximum Gasteiger partial charge on any atom is 0.124 e. The molecule has 13 heavy (non-hydrogen) atoms. The van der Waals surface area contributed by atoms with E-state index in [1.165, 1.54) is 31.5 Å². The molecule has 1 fully saturated rings. The van der Waals surface area contributed by atoms with Gasteiger partial charge in [0.15, 0.2) is 0 Å². The second kappa shape index (κ2) is 3.12. The Bertz CT molecular complexity index is 313. The molecule has 3 rings (SSSR count). The fourth-order valence-corrected chi connectivity index (χ4v) is 2.48. The Kier molecular flexibility index (Phi) is 2.22. The zero-order valence-electron chi connectivity index (χ0n) is 8.18. The number of hydrogen-bond acceptors (Lipinski definition) is 1. The number of rotatable bonds is 0. The summed E-state index contributed by atoms with van der Waals surface area (Å²) in [4.78, 5) is 4.41. The molecule has 1 aromatic rings. The Morgan fingerprint density at radius 1 is 1.38 bits per heavy atom. The SMILES string of the molecule is Brc1cn2c(n1)CCC21CC1.CC. The number of fused-ring (bicyclic) bond motifs is 2. The number of hydrogen-bond donors (Lipinski definition) is 0. The molecule has 0 radical (unpaired) electrons. The Morgan fingerprint density at radius 3 is 2.69 bits per heavy atom. The summed E-state index contributed by atoms with van der Waals surface area (Å²) in [5.74, 6) is 1.27. The van der Waals surface area contributed by atoms with E-state index in [2.05, 4.69) is 31.7 Å². The van der Waals surface area contributed by atoms with Gasteiger partial charge in [-0.2, -0.15) is 0 Å². The van der Waals surface area contributed by atoms with Crippen LogP contribution in [0.5, 0.6) is 0 Å². The van der Waals surface area contributed by atoms with Crippen LogP contribution in [0.4, 0.5) is 0 Å². The molecule has 2 nitrogen and oxygen atoms in total. The monoisotopic (exact) mass is 242 g/mol. The average Bonchev–Trinajstić information content (AvgIpc) is 2.75. The van der Waals surface area contributed by atoms with Crippen molar-refractivity contribution in [3.63, 3.8) is 0 Å². The highest BCUT2D eigenvalue weighted by Gasteiger charge is 2.48. The number of aromatic nitrogens is 2. The molecular weight excluding hydrogens is 228 g/mol. The number of halogens is 1. The highest BCUT2D eigenvalue weighted by molar-refractivity contribution is 9.10. The Balaban J connectivity index is 0.000000308. The Hall–Kier alpha value is -0.310. The molecule has 0 unspecified atom stereocenters. The number of nitrogens with zero attached hydrogens (tertiary/aromatic N) is 2. The fourth-order valence-electron chi connectivity index (χ4n) is 2.07. The van der Waals surface area contributed by atoms with Gasteiger partial charge in [0, 0.05) is 18.2 Å². The lowest BCUT2D eigenvalue weighted by molar-refractivity contribution is 0.510. The standard InChI is InChI=1S/C8H9BrN2.C2H6/c9-6-5-11-7(10-6)1-2-8(11)3-4-8;1-2/h5H,1-4H2;1-2H3. The van der Waals surface area contributed by atoms with Gasteiger partial charge in [0.25, 0.3) is 0 Å². The van der Waals surface area contributed by atoms with Gasteiger partial charge in [0.2, 0.25) is 0 Å². The van der Waals surface area contributed by atoms with Gasteiger partial charge in [-0.05, 0) is 35.2 Å². The maximum absolute atomic E-state index is 4.41. The summed E-state index contributed by atoms with van der Waals surface area (Å²) in [6.07, 6.45) is 7.36. The van der Waals surface area contributed by atoms with Crippen LogP contribution >= 0.6 is 15.9 Å². The summed E-state index contributed by atoms with van der Waals surface area (Å²) < 4.78 is 3.37. The third-order valence-corrected chi connectivity index (χ3v) is 3.28. The lowest BCUT2D eigenvalue weighted by Gasteiger charge is -2.07. The summed E-state index contributed by atoms with van der Waals surface area (Å²) in [6, 6.07) is 0. The minimum absolute atomic E-state index is 0.522. The van der Waals surface area contributed by atoms with Gasteiger partial charge in [0.1, 0.15) is 10.4 Å². The molecule has 2 heterocycles. The number of imidazole rings is 1. The van der Waals surface area contributed by atoms with Crippen molar-refractivity contribution < 1.29 is 0 Å². The van der Waals surface area contributed by atoms with E-state index in [4.69, 9.17) is 0 Å². The van der Waals surface area contributed by atoms with Gasteiger partial charge >= 0.3 is 0 Å². The largest absolute Gasteiger partial charge is 0.328 e. The summed E-state index contributed by atoms with van der Waals surface area (Å²) in [5, 5.41) is 0. The van der Waals surface area contributed by atoms with Crippen molar-refractivity contribution in [3.05, 3.63) is 16.6 Å². The molecule has 0 amide bonds. The lowest BCUT2D eigenvalue weighted by atomic mass is 10.2. The van der Waals surface area contributed by atoms with Crippen molar-refractivity contribution >= 4 is 15.9 Å². The predicted octanol–water partition coefficient (Wildman–Crippen LogP) is 3.11. The van der Waals surface area contributed by atoms with Gasteiger partial charge in [-0.15, -0.1) is 0 Å². The normalized spacial score (nSPS) is 20.8. The number of aryl methyl sites for hydroxylation is 1. The zero-order chi connectivity index (χ0) is 9.47. The molecule has 2 aliphatic rings. The van der Waals surface area contributed by atoms with Crippen LogP contribution in [-0.2, 0) is 12.0 Å². The second-order valence-electron chi connectivity index (χ2n) is 3.57. The zero-order valence-corrected chi connectivity index (χ0v) is 9.76. The van der Waals surface area contributed by atoms with Crippen LogP contribution in [0.3, 0.4) is 0 Å². The Labute approximate surface area is 87.5 Å². The smallest absolute Gasteiger partial charge is 0.124 e. The van der Waals surface area contributed by atoms with Gasteiger partial charge < -0.3 is 4.57 Å². The molecule has 0 atom stereocenters. The third-order valence-electron chi connectivity index (χ3n) is 2.90. The Morgan fingerprint density at radius 2 is 2.08 bits per heavy atom. The van der Waals surface area contributed by atoms with Crippen molar-refractivity contribution in [3.8, 4) is 0 Å². The molecule has 1 spiro atoms. The topological polar surface area (TPSA) is 17.8 Å². The van der Waals surface area contributed by atoms with E-state index in [0.29, 0.717) is 5.54 Å². The molecule has 0 saturated heterocycles. The minimum atomic E-state index is 0.522. The molecule has 1 aromatic heterocycles. The van der Waals surface area contributed by atoms with Gasteiger partial charge in [0.05, 0.1) is 0 Å². The van der Waals surface area contributed by atoms with Crippen LogP contribution in [0.1, 0.15) is 38.9 Å². The van der Waals surface area contributed by atoms with Crippen LogP contribution in [0.2, 0.25) is 0 Å². The summed E-state index contributed by atoms with van der Waals surface area (Å²) in [7, 11) is 0. The van der Waals surface area contributed by atoms with Gasteiger partial charge in [-0.1, -0.05) is 13.8 Å². The highest BCUT2D eigenvalue weighted by Crippen LogP contribution is 2.51. The van der Waals surface area contributed by atoms with E-state index < -0.39 is 0 Å². The van der Waals surface area contributed by atoms with Crippen molar-refractivity contribution in [1.82, 2.24) is 9.55 Å². The first-order valence-corrected chi connectivity index (χ1v) is 5.84. The summed E-state index contributed by atoms with van der Waals surface area (Å²) in [5.41, 5.74) is 0.522. The van der Waals surface area contributed by atoms with Gasteiger partial charge in [-0.3, -0.25) is 0 Å². The molecular formula is C10H15BrN2. The van der Waals surface area contributed by atoms with Crippen molar-refractivity contribution in [2.75, 3.05) is 0 Å². The molecule has 1 aliphatic heterocycles. The summed E-state index contributed by atoms with van der Waals surface area (Å²) in [6.45, 7) is 4.00. The van der Waals surface area contributed by atoms with E-state index in [-0.39, 0.29) is 0 Å². The molecule has 1 saturated carbocycles. The molecule has 0 N–H and O–H groups in total. The van der Waals surface area contributed by atoms with Crippen LogP contribution in [0, 0.1) is 0 Å². The predicted molar refractivity (Wildman–Crippen MR) is 56.8 cm³/mol. The molecule has 1 aliphatic carbocycles. The fraction of sp³-hybridized carbons (Fsp3) is 0.700. The van der Waals surface area contributed by atoms with Crippen LogP contribution in [0.15, 0.2) is 10.8 Å². The van der Waals surface area contributed by atoms with E-state index in [1.54, 1.807) is 0 Å². The van der Waals surface area contributed by atoms with Crippen LogP contribution in [-0.4, -0.2) is 9.55 Å². The van der Waals surface area contributed by atoms with E-state index in [0.717, 1.165) is 4.60 Å². The van der Waals surface area contributed by atoms with Gasteiger partial charge in [-0.25, -0.2) is 4.98 Å². The van der Waals surface area contributed by atoms with E-state index in [1.807, 2.05) is 13.8 Å². The summed E-state index contributed by atoms with van der Waals surface area (Å²) >= 11 is 3.41. The van der Waals surface area contributed by atoms with Crippen molar-refractivity contribution in [1.29, 1.82) is 0 Å². The van der Waals surface area contributed by atoms with E-state index >= 15 is 0 Å². The van der Waals surface area contributed by atoms with E-state index in [9.17, 15) is 0 Å². The lowest BCUT2D eigenvalue weighted by Crippen LogP contribution is -2.09. The van der Waals surface area contributed by atoms with Crippen molar-refractivity contribution in [2.24, 2.45) is 0 Å². The minimum Gasteiger partial charge on any atom is -0.328 e. The average molecular weight is 243 g/mol. The molecule has 0 bridgehead atoms. The first-order chi connectivity index (χ1) is 6.30. The first kappa shape index (κ1) is 9.25. The maximum atomic E-state index is 4.41. The van der Waals surface area contributed by atoms with Crippen LogP contribution < -0.4 is 0 Å². The first-order valence-electron chi connectivity index (χ1n) is 5.04. The quantitative estimate of drug-likeness (QED) is 0.684. The van der Waals surface area contributed by atoms with Crippen LogP contribution in [0.25, 0.3) is 0 Å². The van der Waals surface area contributed by atoms with Crippen molar-refractivity contribution in [2.45, 2.75) is 45.1 Å². The molecule has 3 heteroatoms.